The van der Waals surface area contributed by atoms with Gasteiger partial charge in [-0.3, -0.25) is 4.68 Å². The number of hydrogen-bond donors (Lipinski definition) is 1. The Bertz CT molecular complexity index is 658. The second-order valence-electron chi connectivity index (χ2n) is 4.18. The van der Waals surface area contributed by atoms with Crippen molar-refractivity contribution in [3.63, 3.8) is 0 Å². The predicted octanol–water partition coefficient (Wildman–Crippen LogP) is 2.87. The summed E-state index contributed by atoms with van der Waals surface area (Å²) in [5.41, 5.74) is 3.07. The van der Waals surface area contributed by atoms with Gasteiger partial charge in [0.1, 0.15) is 16.6 Å². The van der Waals surface area contributed by atoms with Crippen LogP contribution in [0.2, 0.25) is 5.15 Å². The second-order valence-corrected chi connectivity index (χ2v) is 5.31. The highest BCUT2D eigenvalue weighted by Crippen LogP contribution is 2.32. The van der Waals surface area contributed by atoms with Gasteiger partial charge in [0.05, 0.1) is 30.2 Å². The maximum Gasteiger partial charge on any atom is 0.162 e. The van der Waals surface area contributed by atoms with Crippen LogP contribution in [0.25, 0.3) is 0 Å². The van der Waals surface area contributed by atoms with Gasteiger partial charge in [-0.1, -0.05) is 11.6 Å². The summed E-state index contributed by atoms with van der Waals surface area (Å²) in [6.07, 6.45) is 0. The molecule has 2 heterocycles. The monoisotopic (exact) mass is 311 g/mol. The van der Waals surface area contributed by atoms with Crippen LogP contribution in [-0.2, 0) is 11.3 Å². The topological polar surface area (TPSA) is 75.8 Å². The number of halogens is 1. The van der Waals surface area contributed by atoms with Crippen molar-refractivity contribution in [2.75, 3.05) is 19.0 Å². The first-order valence-corrected chi connectivity index (χ1v) is 7.08. The quantitative estimate of drug-likeness (QED) is 0.919. The van der Waals surface area contributed by atoms with Crippen molar-refractivity contribution in [1.82, 2.24) is 14.2 Å². The lowest BCUT2D eigenvalue weighted by molar-refractivity contribution is 0.182. The summed E-state index contributed by atoms with van der Waals surface area (Å²) in [5, 5.41) is 17.6. The van der Waals surface area contributed by atoms with Crippen molar-refractivity contribution in [3.8, 4) is 6.07 Å². The van der Waals surface area contributed by atoms with Crippen molar-refractivity contribution in [1.29, 1.82) is 5.26 Å². The molecule has 0 spiro atoms. The van der Waals surface area contributed by atoms with E-state index in [-0.39, 0.29) is 5.15 Å². The third-order valence-corrected chi connectivity index (χ3v) is 4.03. The molecule has 0 aromatic carbocycles. The van der Waals surface area contributed by atoms with E-state index in [1.54, 1.807) is 7.11 Å². The molecule has 0 aliphatic heterocycles. The molecule has 0 amide bonds. The summed E-state index contributed by atoms with van der Waals surface area (Å²) in [5.74, 6) is 0. The highest BCUT2D eigenvalue weighted by Gasteiger charge is 2.16. The Balaban J connectivity index is 2.30. The van der Waals surface area contributed by atoms with Gasteiger partial charge in [-0.05, 0) is 25.4 Å². The first-order chi connectivity index (χ1) is 9.58. The molecule has 0 atom stereocenters. The van der Waals surface area contributed by atoms with E-state index in [1.165, 1.54) is 0 Å². The minimum absolute atomic E-state index is 0.224. The highest BCUT2D eigenvalue weighted by molar-refractivity contribution is 7.11. The fourth-order valence-electron chi connectivity index (χ4n) is 1.84. The van der Waals surface area contributed by atoms with Crippen LogP contribution in [0.3, 0.4) is 0 Å². The Hall–Kier alpha value is -1.62. The molecule has 20 heavy (non-hydrogen) atoms. The lowest BCUT2D eigenvalue weighted by Gasteiger charge is -2.06. The zero-order chi connectivity index (χ0) is 14.7. The number of hydrogen-bond acceptors (Lipinski definition) is 6. The Morgan fingerprint density at radius 3 is 2.90 bits per heavy atom. The zero-order valence-electron chi connectivity index (χ0n) is 11.4. The van der Waals surface area contributed by atoms with Crippen LogP contribution >= 0.6 is 23.1 Å². The van der Waals surface area contributed by atoms with Gasteiger partial charge in [0.25, 0.3) is 0 Å². The second kappa shape index (κ2) is 6.22. The van der Waals surface area contributed by atoms with Gasteiger partial charge in [-0.25, -0.2) is 0 Å². The number of rotatable bonds is 5. The normalized spacial score (nSPS) is 10.6. The molecule has 0 unspecified atom stereocenters. The molecule has 0 saturated carbocycles. The molecule has 0 fully saturated rings. The minimum Gasteiger partial charge on any atom is -0.383 e. The van der Waals surface area contributed by atoms with Crippen molar-refractivity contribution in [3.05, 3.63) is 22.1 Å². The van der Waals surface area contributed by atoms with Gasteiger partial charge < -0.3 is 10.1 Å². The van der Waals surface area contributed by atoms with E-state index in [4.69, 9.17) is 21.6 Å². The van der Waals surface area contributed by atoms with Crippen molar-refractivity contribution in [2.45, 2.75) is 20.4 Å². The number of aryl methyl sites for hydroxylation is 1. The van der Waals surface area contributed by atoms with Crippen molar-refractivity contribution in [2.24, 2.45) is 0 Å². The molecule has 2 rings (SSSR count). The number of nitrogens with zero attached hydrogens (tertiary/aromatic N) is 4. The summed E-state index contributed by atoms with van der Waals surface area (Å²) >= 11 is 7.03. The summed E-state index contributed by atoms with van der Waals surface area (Å²) in [6.45, 7) is 5.15. The number of aromatic nitrogens is 3. The average molecular weight is 312 g/mol. The standard InChI is InChI=1S/C12H14ClN5OS/c1-7-10(8(2)18(16-7)4-5-19-3)15-12-9(6-14)11(13)17-20-12/h15H,4-5H2,1-3H3. The minimum atomic E-state index is 0.224. The fourth-order valence-corrected chi connectivity index (χ4v) is 2.78. The molecule has 0 aliphatic carbocycles. The van der Waals surface area contributed by atoms with Crippen LogP contribution in [0, 0.1) is 25.2 Å². The Morgan fingerprint density at radius 2 is 2.25 bits per heavy atom. The average Bonchev–Trinajstić information content (AvgIpc) is 2.91. The zero-order valence-corrected chi connectivity index (χ0v) is 13.0. The first kappa shape index (κ1) is 14.8. The largest absolute Gasteiger partial charge is 0.383 e. The van der Waals surface area contributed by atoms with E-state index in [1.807, 2.05) is 18.5 Å². The predicted molar refractivity (Wildman–Crippen MR) is 78.7 cm³/mol. The molecule has 8 heteroatoms. The Labute approximate surface area is 126 Å². The number of nitriles is 1. The van der Waals surface area contributed by atoms with E-state index >= 15 is 0 Å². The van der Waals surface area contributed by atoms with Crippen LogP contribution < -0.4 is 5.32 Å². The van der Waals surface area contributed by atoms with E-state index in [0.29, 0.717) is 23.7 Å². The highest BCUT2D eigenvalue weighted by atomic mass is 35.5. The molecule has 0 bridgehead atoms. The van der Waals surface area contributed by atoms with Gasteiger partial charge in [-0.2, -0.15) is 14.7 Å². The number of nitrogens with one attached hydrogen (secondary N) is 1. The molecule has 0 saturated heterocycles. The lowest BCUT2D eigenvalue weighted by Crippen LogP contribution is -2.07. The molecule has 1 N–H and O–H groups in total. The third-order valence-electron chi connectivity index (χ3n) is 2.89. The van der Waals surface area contributed by atoms with Gasteiger partial charge in [-0.15, -0.1) is 0 Å². The molecule has 2 aromatic rings. The molecule has 6 nitrogen and oxygen atoms in total. The summed E-state index contributed by atoms with van der Waals surface area (Å²) < 4.78 is 10.9. The molecular weight excluding hydrogens is 298 g/mol. The third kappa shape index (κ3) is 2.77. The van der Waals surface area contributed by atoms with E-state index in [2.05, 4.69) is 20.9 Å². The van der Waals surface area contributed by atoms with Crippen LogP contribution in [0.15, 0.2) is 0 Å². The van der Waals surface area contributed by atoms with Crippen LogP contribution in [0.1, 0.15) is 17.0 Å². The molecule has 0 aliphatic rings. The summed E-state index contributed by atoms with van der Waals surface area (Å²) in [6, 6.07) is 2.05. The van der Waals surface area contributed by atoms with Crippen molar-refractivity contribution >= 4 is 33.8 Å². The van der Waals surface area contributed by atoms with Gasteiger partial charge >= 0.3 is 0 Å². The lowest BCUT2D eigenvalue weighted by atomic mass is 10.3. The summed E-state index contributed by atoms with van der Waals surface area (Å²) in [4.78, 5) is 0. The van der Waals surface area contributed by atoms with E-state index in [0.717, 1.165) is 28.6 Å². The maximum absolute atomic E-state index is 9.08. The number of anilines is 2. The number of methoxy groups -OCH3 is 1. The molecule has 106 valence electrons. The first-order valence-electron chi connectivity index (χ1n) is 5.93. The van der Waals surface area contributed by atoms with E-state index in [9.17, 15) is 0 Å². The van der Waals surface area contributed by atoms with Gasteiger partial charge in [0.2, 0.25) is 0 Å². The van der Waals surface area contributed by atoms with Gasteiger partial charge in [0.15, 0.2) is 5.15 Å². The van der Waals surface area contributed by atoms with Crippen LogP contribution in [0.5, 0.6) is 0 Å². The molecular formula is C12H14ClN5OS. The summed E-state index contributed by atoms with van der Waals surface area (Å²) in [7, 11) is 1.66. The molecule has 2 aromatic heterocycles. The Kier molecular flexibility index (Phi) is 4.60. The molecule has 0 radical (unpaired) electrons. The van der Waals surface area contributed by atoms with Crippen molar-refractivity contribution < 1.29 is 4.74 Å². The van der Waals surface area contributed by atoms with Gasteiger partial charge in [0, 0.05) is 7.11 Å². The van der Waals surface area contributed by atoms with E-state index < -0.39 is 0 Å². The van der Waals surface area contributed by atoms with Crippen LogP contribution in [0.4, 0.5) is 10.7 Å². The van der Waals surface area contributed by atoms with Crippen LogP contribution in [-0.4, -0.2) is 27.9 Å². The smallest absolute Gasteiger partial charge is 0.162 e. The fraction of sp³-hybridized carbons (Fsp3) is 0.417. The SMILES string of the molecule is COCCn1nc(C)c(Nc2snc(Cl)c2C#N)c1C. The number of ether oxygens (including phenoxy) is 1. The maximum atomic E-state index is 9.08. The Morgan fingerprint density at radius 1 is 1.50 bits per heavy atom.